The van der Waals surface area contributed by atoms with E-state index in [1.54, 1.807) is 44.5 Å². The lowest BCUT2D eigenvalue weighted by Gasteiger charge is -2.24. The van der Waals surface area contributed by atoms with Crippen LogP contribution in [-0.2, 0) is 14.3 Å². The Labute approximate surface area is 184 Å². The molecule has 1 aliphatic rings. The molecule has 7 nitrogen and oxygen atoms in total. The molecule has 1 aliphatic carbocycles. The normalized spacial score (nSPS) is 17.9. The van der Waals surface area contributed by atoms with Crippen LogP contribution in [0.5, 0.6) is 5.75 Å². The number of allylic oxidation sites excluding steroid dienone is 2. The number of aliphatic carboxylic acids is 1. The number of amides is 1. The Morgan fingerprint density at radius 1 is 1.10 bits per heavy atom. The number of carbonyl (C=O) groups is 3. The van der Waals surface area contributed by atoms with Crippen LogP contribution in [0.1, 0.15) is 37.0 Å². The quantitative estimate of drug-likeness (QED) is 0.479. The van der Waals surface area contributed by atoms with E-state index < -0.39 is 29.7 Å². The van der Waals surface area contributed by atoms with E-state index in [0.29, 0.717) is 29.2 Å². The molecule has 0 unspecified atom stereocenters. The smallest absolute Gasteiger partial charge is 0.342 e. The first-order valence-corrected chi connectivity index (χ1v) is 10.8. The van der Waals surface area contributed by atoms with Gasteiger partial charge in [0.15, 0.2) is 0 Å². The lowest BCUT2D eigenvalue weighted by molar-refractivity contribution is -0.146. The summed E-state index contributed by atoms with van der Waals surface area (Å²) in [6, 6.07) is 7.22. The summed E-state index contributed by atoms with van der Waals surface area (Å²) in [5.74, 6) is -2.79. The van der Waals surface area contributed by atoms with E-state index in [4.69, 9.17) is 9.47 Å². The predicted octanol–water partition coefficient (Wildman–Crippen LogP) is 4.59. The fourth-order valence-electron chi connectivity index (χ4n) is 3.49. The number of anilines is 1. The molecule has 0 saturated heterocycles. The summed E-state index contributed by atoms with van der Waals surface area (Å²) < 4.78 is 10.6. The minimum Gasteiger partial charge on any atom is -0.497 e. The van der Waals surface area contributed by atoms with Crippen LogP contribution < -0.4 is 10.1 Å². The molecule has 164 valence electrons. The largest absolute Gasteiger partial charge is 0.497 e. The molecule has 3 rings (SSSR count). The first-order valence-electron chi connectivity index (χ1n) is 9.97. The monoisotopic (exact) mass is 443 g/mol. The highest BCUT2D eigenvalue weighted by Crippen LogP contribution is 2.38. The van der Waals surface area contributed by atoms with E-state index in [9.17, 15) is 19.5 Å². The van der Waals surface area contributed by atoms with E-state index in [0.717, 1.165) is 5.56 Å². The van der Waals surface area contributed by atoms with Crippen molar-refractivity contribution in [1.82, 2.24) is 0 Å². The maximum absolute atomic E-state index is 12.9. The lowest BCUT2D eigenvalue weighted by atomic mass is 9.82. The van der Waals surface area contributed by atoms with Crippen LogP contribution in [0, 0.1) is 11.8 Å². The summed E-state index contributed by atoms with van der Waals surface area (Å²) in [5.41, 5.74) is 1.67. The molecule has 0 fully saturated rings. The Kier molecular flexibility index (Phi) is 7.12. The number of thiophene rings is 1. The zero-order valence-electron chi connectivity index (χ0n) is 17.6. The average molecular weight is 444 g/mol. The standard InChI is InChI=1S/C23H25NO6S/c1-13(2)30-23(28)19-18(14-8-10-15(29-3)11-9-14)12-31-21(19)24-20(25)16-6-4-5-7-17(16)22(26)27/h4-5,8-13,16-17H,6-7H2,1-3H3,(H,24,25)(H,26,27)/t16-,17-/m0/s1. The Hall–Kier alpha value is -3.13. The summed E-state index contributed by atoms with van der Waals surface area (Å²) in [6.07, 6.45) is 3.90. The van der Waals surface area contributed by atoms with E-state index >= 15 is 0 Å². The van der Waals surface area contributed by atoms with Crippen LogP contribution in [0.2, 0.25) is 0 Å². The zero-order chi connectivity index (χ0) is 22.5. The van der Waals surface area contributed by atoms with Gasteiger partial charge in [-0.15, -0.1) is 11.3 Å². The van der Waals surface area contributed by atoms with E-state index in [-0.39, 0.29) is 11.7 Å². The Balaban J connectivity index is 1.94. The summed E-state index contributed by atoms with van der Waals surface area (Å²) >= 11 is 1.21. The van der Waals surface area contributed by atoms with Gasteiger partial charge in [-0.05, 0) is 44.4 Å². The van der Waals surface area contributed by atoms with Crippen LogP contribution in [0.4, 0.5) is 5.00 Å². The number of rotatable bonds is 7. The number of hydrogen-bond donors (Lipinski definition) is 2. The molecule has 1 aromatic heterocycles. The van der Waals surface area contributed by atoms with Crippen LogP contribution >= 0.6 is 11.3 Å². The van der Waals surface area contributed by atoms with Gasteiger partial charge in [0.2, 0.25) is 5.91 Å². The van der Waals surface area contributed by atoms with Crippen molar-refractivity contribution in [3.05, 3.63) is 47.4 Å². The first kappa shape index (κ1) is 22.6. The number of ether oxygens (including phenoxy) is 2. The van der Waals surface area contributed by atoms with Crippen molar-refractivity contribution in [3.8, 4) is 16.9 Å². The van der Waals surface area contributed by atoms with Gasteiger partial charge in [0.05, 0.1) is 25.0 Å². The maximum atomic E-state index is 12.9. The maximum Gasteiger partial charge on any atom is 0.342 e. The number of carboxylic acids is 1. The molecular weight excluding hydrogens is 418 g/mol. The fraction of sp³-hybridized carbons (Fsp3) is 0.348. The van der Waals surface area contributed by atoms with Crippen molar-refractivity contribution in [3.63, 3.8) is 0 Å². The molecule has 0 saturated carbocycles. The molecule has 1 aromatic carbocycles. The summed E-state index contributed by atoms with van der Waals surface area (Å²) in [4.78, 5) is 37.4. The molecule has 0 spiro atoms. The van der Waals surface area contributed by atoms with E-state index in [1.807, 2.05) is 18.2 Å². The molecular formula is C23H25NO6S. The number of methoxy groups -OCH3 is 1. The average Bonchev–Trinajstić information content (AvgIpc) is 3.16. The van der Waals surface area contributed by atoms with Crippen molar-refractivity contribution >= 4 is 34.2 Å². The third-order valence-corrected chi connectivity index (χ3v) is 5.96. The Morgan fingerprint density at radius 2 is 1.74 bits per heavy atom. The number of hydrogen-bond acceptors (Lipinski definition) is 6. The minimum absolute atomic E-state index is 0.260. The molecule has 2 N–H and O–H groups in total. The fourth-order valence-corrected chi connectivity index (χ4v) is 4.45. The highest BCUT2D eigenvalue weighted by atomic mass is 32.1. The van der Waals surface area contributed by atoms with Gasteiger partial charge in [0.1, 0.15) is 16.3 Å². The summed E-state index contributed by atoms with van der Waals surface area (Å²) in [6.45, 7) is 3.50. The van der Waals surface area contributed by atoms with Crippen molar-refractivity contribution in [2.75, 3.05) is 12.4 Å². The molecule has 1 amide bonds. The number of carbonyl (C=O) groups excluding carboxylic acids is 2. The zero-order valence-corrected chi connectivity index (χ0v) is 18.4. The molecule has 2 atom stereocenters. The molecule has 31 heavy (non-hydrogen) atoms. The van der Waals surface area contributed by atoms with Crippen LogP contribution in [0.3, 0.4) is 0 Å². The summed E-state index contributed by atoms with van der Waals surface area (Å²) in [5, 5.41) is 14.4. The topological polar surface area (TPSA) is 102 Å². The summed E-state index contributed by atoms with van der Waals surface area (Å²) in [7, 11) is 1.57. The second kappa shape index (κ2) is 9.78. The van der Waals surface area contributed by atoms with Crippen LogP contribution in [0.15, 0.2) is 41.8 Å². The van der Waals surface area contributed by atoms with E-state index in [1.165, 1.54) is 11.3 Å². The van der Waals surface area contributed by atoms with Gasteiger partial charge in [-0.1, -0.05) is 24.3 Å². The molecule has 2 aromatic rings. The minimum atomic E-state index is -1.01. The molecule has 0 bridgehead atoms. The number of benzene rings is 1. The first-order chi connectivity index (χ1) is 14.8. The number of carboxylic acid groups (broad SMARTS) is 1. The van der Waals surface area contributed by atoms with Gasteiger partial charge in [-0.25, -0.2) is 4.79 Å². The third kappa shape index (κ3) is 5.14. The van der Waals surface area contributed by atoms with Gasteiger partial charge in [0.25, 0.3) is 0 Å². The molecule has 0 radical (unpaired) electrons. The molecule has 8 heteroatoms. The van der Waals surface area contributed by atoms with Gasteiger partial charge in [-0.3, -0.25) is 9.59 Å². The van der Waals surface area contributed by atoms with Crippen molar-refractivity contribution in [2.24, 2.45) is 11.8 Å². The highest BCUT2D eigenvalue weighted by Gasteiger charge is 2.35. The van der Waals surface area contributed by atoms with Crippen LogP contribution in [0.25, 0.3) is 11.1 Å². The second-order valence-electron chi connectivity index (χ2n) is 7.52. The third-order valence-electron chi connectivity index (χ3n) is 5.06. The van der Waals surface area contributed by atoms with Crippen LogP contribution in [-0.4, -0.2) is 36.2 Å². The molecule has 1 heterocycles. The highest BCUT2D eigenvalue weighted by molar-refractivity contribution is 7.15. The van der Waals surface area contributed by atoms with Crippen molar-refractivity contribution < 1.29 is 29.0 Å². The number of esters is 1. The van der Waals surface area contributed by atoms with Gasteiger partial charge < -0.3 is 19.9 Å². The Bertz CT molecular complexity index is 992. The number of nitrogens with one attached hydrogen (secondary N) is 1. The van der Waals surface area contributed by atoms with Gasteiger partial charge in [0, 0.05) is 10.9 Å². The SMILES string of the molecule is COc1ccc(-c2csc(NC(=O)[C@H]3CC=CC[C@@H]3C(=O)O)c2C(=O)OC(C)C)cc1. The van der Waals surface area contributed by atoms with Gasteiger partial charge in [-0.2, -0.15) is 0 Å². The van der Waals surface area contributed by atoms with Gasteiger partial charge >= 0.3 is 11.9 Å². The lowest BCUT2D eigenvalue weighted by Crippen LogP contribution is -2.34. The van der Waals surface area contributed by atoms with E-state index in [2.05, 4.69) is 5.32 Å². The van der Waals surface area contributed by atoms with Crippen molar-refractivity contribution in [2.45, 2.75) is 32.8 Å². The predicted molar refractivity (Wildman–Crippen MR) is 118 cm³/mol. The van der Waals surface area contributed by atoms with Crippen molar-refractivity contribution in [1.29, 1.82) is 0 Å². The Morgan fingerprint density at radius 3 is 2.32 bits per heavy atom. The second-order valence-corrected chi connectivity index (χ2v) is 8.40. The molecule has 0 aliphatic heterocycles.